The molecule has 3 nitrogen and oxygen atoms in total. The molecule has 5 heteroatoms. The molecule has 1 fully saturated rings. The molecule has 0 radical (unpaired) electrons. The number of hydrogen-bond acceptors (Lipinski definition) is 4. The van der Waals surface area contributed by atoms with Gasteiger partial charge < -0.3 is 5.32 Å². The Labute approximate surface area is 112 Å². The number of aromatic nitrogens is 2. The van der Waals surface area contributed by atoms with E-state index >= 15 is 0 Å². The van der Waals surface area contributed by atoms with Gasteiger partial charge in [-0.2, -0.15) is 0 Å². The van der Waals surface area contributed by atoms with Gasteiger partial charge in [0.2, 0.25) is 0 Å². The summed E-state index contributed by atoms with van der Waals surface area (Å²) in [5.74, 6) is 0. The summed E-state index contributed by atoms with van der Waals surface area (Å²) in [6.07, 6.45) is 4.25. The zero-order valence-corrected chi connectivity index (χ0v) is 11.6. The van der Waals surface area contributed by atoms with Gasteiger partial charge in [0.15, 0.2) is 0 Å². The maximum atomic E-state index is 4.67. The van der Waals surface area contributed by atoms with Gasteiger partial charge in [-0.1, -0.05) is 0 Å². The summed E-state index contributed by atoms with van der Waals surface area (Å²) >= 11 is 5.05. The fraction of sp³-hybridized carbons (Fsp3) is 0.333. The lowest BCUT2D eigenvalue weighted by molar-refractivity contribution is 0.632. The molecule has 17 heavy (non-hydrogen) atoms. The van der Waals surface area contributed by atoms with E-state index in [0.29, 0.717) is 6.04 Å². The van der Waals surface area contributed by atoms with E-state index in [9.17, 15) is 0 Å². The standard InChI is InChI=1S/C12H12BrN3S/c13-8-3-4-10(15-6-8)12-16-11(7-17-12)9-2-1-5-14-9/h3-4,6-7,9,14H,1-2,5H2/t9-/m0/s1. The molecule has 0 amide bonds. The van der Waals surface area contributed by atoms with Crippen LogP contribution >= 0.6 is 27.3 Å². The molecule has 0 aliphatic carbocycles. The minimum Gasteiger partial charge on any atom is -0.309 e. The normalized spacial score (nSPS) is 19.7. The van der Waals surface area contributed by atoms with E-state index < -0.39 is 0 Å². The molecule has 0 saturated carbocycles. The number of thiazole rings is 1. The second-order valence-electron chi connectivity index (χ2n) is 4.09. The third-order valence-corrected chi connectivity index (χ3v) is 4.24. The highest BCUT2D eigenvalue weighted by Gasteiger charge is 2.19. The Hall–Kier alpha value is -0.780. The molecule has 3 rings (SSSR count). The summed E-state index contributed by atoms with van der Waals surface area (Å²) in [7, 11) is 0. The van der Waals surface area contributed by atoms with Crippen molar-refractivity contribution in [1.82, 2.24) is 15.3 Å². The van der Waals surface area contributed by atoms with Crippen molar-refractivity contribution < 1.29 is 0 Å². The van der Waals surface area contributed by atoms with Crippen molar-refractivity contribution >= 4 is 27.3 Å². The van der Waals surface area contributed by atoms with Crippen molar-refractivity contribution in [2.24, 2.45) is 0 Å². The summed E-state index contributed by atoms with van der Waals surface area (Å²) in [5, 5.41) is 6.61. The largest absolute Gasteiger partial charge is 0.309 e. The summed E-state index contributed by atoms with van der Waals surface area (Å²) in [6, 6.07) is 4.43. The number of nitrogens with zero attached hydrogens (tertiary/aromatic N) is 2. The second kappa shape index (κ2) is 4.84. The highest BCUT2D eigenvalue weighted by atomic mass is 79.9. The number of nitrogens with one attached hydrogen (secondary N) is 1. The molecule has 1 aliphatic heterocycles. The molecular weight excluding hydrogens is 298 g/mol. The lowest BCUT2D eigenvalue weighted by atomic mass is 10.2. The van der Waals surface area contributed by atoms with Gasteiger partial charge >= 0.3 is 0 Å². The molecule has 0 aromatic carbocycles. The predicted octanol–water partition coefficient (Wildman–Crippen LogP) is 3.39. The first kappa shape index (κ1) is 11.3. The van der Waals surface area contributed by atoms with Crippen LogP contribution in [0.4, 0.5) is 0 Å². The molecule has 1 aliphatic rings. The number of halogens is 1. The van der Waals surface area contributed by atoms with Crippen molar-refractivity contribution in [3.8, 4) is 10.7 Å². The summed E-state index contributed by atoms with van der Waals surface area (Å²) in [4.78, 5) is 9.04. The second-order valence-corrected chi connectivity index (χ2v) is 5.86. The molecule has 2 aromatic heterocycles. The molecular formula is C12H12BrN3S. The summed E-state index contributed by atoms with van der Waals surface area (Å²) in [5.41, 5.74) is 2.11. The van der Waals surface area contributed by atoms with Crippen LogP contribution in [-0.2, 0) is 0 Å². The quantitative estimate of drug-likeness (QED) is 0.924. The van der Waals surface area contributed by atoms with Crippen LogP contribution in [-0.4, -0.2) is 16.5 Å². The maximum Gasteiger partial charge on any atom is 0.142 e. The molecule has 0 bridgehead atoms. The molecule has 1 N–H and O–H groups in total. The van der Waals surface area contributed by atoms with Gasteiger partial charge in [-0.25, -0.2) is 4.98 Å². The van der Waals surface area contributed by atoms with E-state index in [-0.39, 0.29) is 0 Å². The van der Waals surface area contributed by atoms with Crippen molar-refractivity contribution in [2.45, 2.75) is 18.9 Å². The van der Waals surface area contributed by atoms with Crippen LogP contribution in [0.5, 0.6) is 0 Å². The van der Waals surface area contributed by atoms with Crippen LogP contribution in [0, 0.1) is 0 Å². The lowest BCUT2D eigenvalue weighted by Gasteiger charge is -2.04. The Bertz CT molecular complexity index is 503. The number of hydrogen-bond donors (Lipinski definition) is 1. The molecule has 3 heterocycles. The van der Waals surface area contributed by atoms with Crippen molar-refractivity contribution in [3.05, 3.63) is 33.9 Å². The monoisotopic (exact) mass is 309 g/mol. The lowest BCUT2D eigenvalue weighted by Crippen LogP contribution is -2.12. The van der Waals surface area contributed by atoms with Crippen LogP contribution in [0.25, 0.3) is 10.7 Å². The third-order valence-electron chi connectivity index (χ3n) is 2.89. The van der Waals surface area contributed by atoms with Crippen LogP contribution in [0.1, 0.15) is 24.6 Å². The minimum absolute atomic E-state index is 0.440. The van der Waals surface area contributed by atoms with Gasteiger partial charge in [0.25, 0.3) is 0 Å². The van der Waals surface area contributed by atoms with Gasteiger partial charge in [-0.3, -0.25) is 4.98 Å². The average molecular weight is 310 g/mol. The topological polar surface area (TPSA) is 37.8 Å². The smallest absolute Gasteiger partial charge is 0.142 e. The van der Waals surface area contributed by atoms with Crippen LogP contribution in [0.15, 0.2) is 28.2 Å². The summed E-state index contributed by atoms with van der Waals surface area (Å²) in [6.45, 7) is 1.11. The molecule has 0 spiro atoms. The van der Waals surface area contributed by atoms with Crippen LogP contribution in [0.3, 0.4) is 0 Å². The minimum atomic E-state index is 0.440. The molecule has 0 unspecified atom stereocenters. The molecule has 1 saturated heterocycles. The Kier molecular flexibility index (Phi) is 3.22. The maximum absolute atomic E-state index is 4.67. The number of pyridine rings is 1. The van der Waals surface area contributed by atoms with E-state index in [4.69, 9.17) is 0 Å². The van der Waals surface area contributed by atoms with E-state index in [1.807, 2.05) is 18.3 Å². The van der Waals surface area contributed by atoms with Gasteiger partial charge in [-0.15, -0.1) is 11.3 Å². The van der Waals surface area contributed by atoms with E-state index in [0.717, 1.165) is 27.4 Å². The van der Waals surface area contributed by atoms with E-state index in [1.54, 1.807) is 11.3 Å². The van der Waals surface area contributed by atoms with Crippen LogP contribution < -0.4 is 5.32 Å². The van der Waals surface area contributed by atoms with Crippen molar-refractivity contribution in [3.63, 3.8) is 0 Å². The zero-order chi connectivity index (χ0) is 11.7. The Balaban J connectivity index is 1.86. The molecule has 2 aromatic rings. The highest BCUT2D eigenvalue weighted by molar-refractivity contribution is 9.10. The van der Waals surface area contributed by atoms with E-state index in [1.165, 1.54) is 12.8 Å². The fourth-order valence-electron chi connectivity index (χ4n) is 2.00. The fourth-order valence-corrected chi connectivity index (χ4v) is 3.09. The number of rotatable bonds is 2. The van der Waals surface area contributed by atoms with E-state index in [2.05, 4.69) is 36.6 Å². The van der Waals surface area contributed by atoms with Crippen molar-refractivity contribution in [2.75, 3.05) is 6.54 Å². The zero-order valence-electron chi connectivity index (χ0n) is 9.19. The molecule has 1 atom stereocenters. The first-order valence-corrected chi connectivity index (χ1v) is 7.31. The third kappa shape index (κ3) is 2.41. The average Bonchev–Trinajstić information content (AvgIpc) is 3.00. The van der Waals surface area contributed by atoms with Gasteiger partial charge in [0, 0.05) is 16.0 Å². The Morgan fingerprint density at radius 2 is 2.35 bits per heavy atom. The SMILES string of the molecule is Brc1ccc(-c2nc([C@@H]3CCCN3)cs2)nc1. The molecule has 88 valence electrons. The summed E-state index contributed by atoms with van der Waals surface area (Å²) < 4.78 is 0.996. The van der Waals surface area contributed by atoms with Crippen molar-refractivity contribution in [1.29, 1.82) is 0 Å². The van der Waals surface area contributed by atoms with Gasteiger partial charge in [-0.05, 0) is 47.4 Å². The first-order chi connectivity index (χ1) is 8.33. The Morgan fingerprint density at radius 3 is 3.06 bits per heavy atom. The predicted molar refractivity (Wildman–Crippen MR) is 73.0 cm³/mol. The first-order valence-electron chi connectivity index (χ1n) is 5.64. The van der Waals surface area contributed by atoms with Gasteiger partial charge in [0.1, 0.15) is 5.01 Å². The van der Waals surface area contributed by atoms with Crippen LogP contribution in [0.2, 0.25) is 0 Å². The Morgan fingerprint density at radius 1 is 1.41 bits per heavy atom. The highest BCUT2D eigenvalue weighted by Crippen LogP contribution is 2.28. The van der Waals surface area contributed by atoms with Gasteiger partial charge in [0.05, 0.1) is 17.4 Å².